The Morgan fingerprint density at radius 2 is 2.27 bits per heavy atom. The highest BCUT2D eigenvalue weighted by Crippen LogP contribution is 2.39. The van der Waals surface area contributed by atoms with Crippen molar-refractivity contribution in [3.8, 4) is 0 Å². The zero-order chi connectivity index (χ0) is 15.7. The average molecular weight is 320 g/mol. The predicted molar refractivity (Wildman–Crippen MR) is 81.8 cm³/mol. The van der Waals surface area contributed by atoms with Gasteiger partial charge in [0, 0.05) is 23.9 Å². The third-order valence-corrected chi connectivity index (χ3v) is 4.60. The molecule has 8 heteroatoms. The van der Waals surface area contributed by atoms with Crippen molar-refractivity contribution in [2.75, 3.05) is 5.75 Å². The van der Waals surface area contributed by atoms with Crippen LogP contribution in [-0.2, 0) is 0 Å². The molecule has 0 saturated heterocycles. The van der Waals surface area contributed by atoms with Crippen molar-refractivity contribution in [1.82, 2.24) is 14.8 Å². The lowest BCUT2D eigenvalue weighted by molar-refractivity contribution is -0.385. The molecular weight excluding hydrogens is 304 g/mol. The minimum atomic E-state index is -0.783. The first-order valence-corrected chi connectivity index (χ1v) is 8.01. The molecule has 1 N–H and O–H groups in total. The summed E-state index contributed by atoms with van der Waals surface area (Å²) in [6, 6.07) is 6.57. The smallest absolute Gasteiger partial charge is 0.269 e. The predicted octanol–water partition coefficient (Wildman–Crippen LogP) is 2.66. The van der Waals surface area contributed by atoms with Gasteiger partial charge in [0.05, 0.1) is 11.0 Å². The molecule has 1 aromatic heterocycles. The van der Waals surface area contributed by atoms with E-state index in [9.17, 15) is 15.2 Å². The molecule has 0 radical (unpaired) electrons. The summed E-state index contributed by atoms with van der Waals surface area (Å²) in [6.45, 7) is 1.92. The van der Waals surface area contributed by atoms with Crippen LogP contribution < -0.4 is 0 Å². The number of aryl methyl sites for hydroxylation is 1. The standard InChI is InChI=1S/C14H16N4O3S/c1-9-15-16-14(17(9)11-5-6-11)22-8-13(19)10-3-2-4-12(7-10)18(20)21/h2-4,7,11,13,19H,5-6,8H2,1H3/t13-/m1/s1. The van der Waals surface area contributed by atoms with E-state index in [1.54, 1.807) is 12.1 Å². The molecule has 1 atom stereocenters. The Morgan fingerprint density at radius 3 is 2.95 bits per heavy atom. The van der Waals surface area contributed by atoms with Crippen molar-refractivity contribution in [2.24, 2.45) is 0 Å². The number of non-ortho nitro benzene ring substituents is 1. The van der Waals surface area contributed by atoms with Crippen LogP contribution in [0.25, 0.3) is 0 Å². The van der Waals surface area contributed by atoms with Crippen LogP contribution >= 0.6 is 11.8 Å². The second kappa shape index (κ2) is 6.05. The topological polar surface area (TPSA) is 94.1 Å². The number of thioether (sulfide) groups is 1. The molecule has 1 aliphatic rings. The number of nitro benzene ring substituents is 1. The number of nitrogens with zero attached hydrogens (tertiary/aromatic N) is 4. The molecule has 1 saturated carbocycles. The number of nitro groups is 1. The highest BCUT2D eigenvalue weighted by molar-refractivity contribution is 7.99. The summed E-state index contributed by atoms with van der Waals surface area (Å²) in [6.07, 6.45) is 1.49. The molecule has 0 amide bonds. The monoisotopic (exact) mass is 320 g/mol. The first-order valence-electron chi connectivity index (χ1n) is 7.03. The Hall–Kier alpha value is -1.93. The molecule has 1 fully saturated rings. The van der Waals surface area contributed by atoms with Crippen LogP contribution in [0.1, 0.15) is 36.4 Å². The molecule has 1 aromatic carbocycles. The largest absolute Gasteiger partial charge is 0.388 e. The SMILES string of the molecule is Cc1nnc(SC[C@@H](O)c2cccc([N+](=O)[O-])c2)n1C1CC1. The van der Waals surface area contributed by atoms with E-state index < -0.39 is 11.0 Å². The van der Waals surface area contributed by atoms with E-state index in [4.69, 9.17) is 0 Å². The van der Waals surface area contributed by atoms with E-state index in [-0.39, 0.29) is 5.69 Å². The van der Waals surface area contributed by atoms with Crippen molar-refractivity contribution in [3.05, 3.63) is 45.8 Å². The van der Waals surface area contributed by atoms with E-state index in [1.807, 2.05) is 6.92 Å². The lowest BCUT2D eigenvalue weighted by Crippen LogP contribution is -2.04. The Bertz CT molecular complexity index is 699. The zero-order valence-electron chi connectivity index (χ0n) is 12.0. The number of aliphatic hydroxyl groups excluding tert-OH is 1. The molecular formula is C14H16N4O3S. The zero-order valence-corrected chi connectivity index (χ0v) is 12.9. The fraction of sp³-hybridized carbons (Fsp3) is 0.429. The lowest BCUT2D eigenvalue weighted by atomic mass is 10.1. The molecule has 0 unspecified atom stereocenters. The molecule has 116 valence electrons. The second-order valence-electron chi connectivity index (χ2n) is 5.31. The molecule has 2 aromatic rings. The maximum atomic E-state index is 10.8. The number of aliphatic hydroxyl groups is 1. The van der Waals surface area contributed by atoms with Gasteiger partial charge in [-0.1, -0.05) is 23.9 Å². The van der Waals surface area contributed by atoms with Gasteiger partial charge in [-0.25, -0.2) is 0 Å². The first kappa shape index (κ1) is 15.0. The summed E-state index contributed by atoms with van der Waals surface area (Å²) in [5.74, 6) is 1.27. The summed E-state index contributed by atoms with van der Waals surface area (Å²) in [7, 11) is 0. The maximum Gasteiger partial charge on any atom is 0.269 e. The average Bonchev–Trinajstić information content (AvgIpc) is 3.28. The fourth-order valence-electron chi connectivity index (χ4n) is 2.30. The highest BCUT2D eigenvalue weighted by atomic mass is 32.2. The van der Waals surface area contributed by atoms with Gasteiger partial charge >= 0.3 is 0 Å². The minimum absolute atomic E-state index is 0.0152. The summed E-state index contributed by atoms with van der Waals surface area (Å²) in [4.78, 5) is 10.3. The van der Waals surface area contributed by atoms with Crippen molar-refractivity contribution in [2.45, 2.75) is 37.1 Å². The summed E-state index contributed by atoms with van der Waals surface area (Å²) < 4.78 is 2.10. The quantitative estimate of drug-likeness (QED) is 0.499. The second-order valence-corrected chi connectivity index (χ2v) is 6.30. The van der Waals surface area contributed by atoms with Gasteiger partial charge in [-0.2, -0.15) is 0 Å². The van der Waals surface area contributed by atoms with Gasteiger partial charge in [-0.3, -0.25) is 10.1 Å². The number of rotatable bonds is 6. The van der Waals surface area contributed by atoms with Gasteiger partial charge in [0.1, 0.15) is 5.82 Å². The van der Waals surface area contributed by atoms with E-state index in [2.05, 4.69) is 14.8 Å². The summed E-state index contributed by atoms with van der Waals surface area (Å²) in [5, 5.41) is 30.0. The van der Waals surface area contributed by atoms with Gasteiger partial charge in [0.15, 0.2) is 5.16 Å². The van der Waals surface area contributed by atoms with Gasteiger partial charge in [-0.15, -0.1) is 10.2 Å². The lowest BCUT2D eigenvalue weighted by Gasteiger charge is -2.11. The minimum Gasteiger partial charge on any atom is -0.388 e. The third-order valence-electron chi connectivity index (χ3n) is 3.58. The van der Waals surface area contributed by atoms with Gasteiger partial charge < -0.3 is 9.67 Å². The first-order chi connectivity index (χ1) is 10.6. The number of hydrogen-bond donors (Lipinski definition) is 1. The van der Waals surface area contributed by atoms with Crippen molar-refractivity contribution < 1.29 is 10.0 Å². The van der Waals surface area contributed by atoms with E-state index >= 15 is 0 Å². The molecule has 22 heavy (non-hydrogen) atoms. The van der Waals surface area contributed by atoms with Crippen molar-refractivity contribution in [1.29, 1.82) is 0 Å². The normalized spacial score (nSPS) is 15.7. The molecule has 7 nitrogen and oxygen atoms in total. The van der Waals surface area contributed by atoms with Crippen LogP contribution in [0, 0.1) is 17.0 Å². The Morgan fingerprint density at radius 1 is 1.50 bits per heavy atom. The highest BCUT2D eigenvalue weighted by Gasteiger charge is 2.28. The molecule has 3 rings (SSSR count). The molecule has 1 aliphatic carbocycles. The Kier molecular flexibility index (Phi) is 4.12. The Balaban J connectivity index is 1.69. The van der Waals surface area contributed by atoms with Gasteiger partial charge in [0.2, 0.25) is 0 Å². The number of benzene rings is 1. The van der Waals surface area contributed by atoms with Crippen molar-refractivity contribution >= 4 is 17.4 Å². The van der Waals surface area contributed by atoms with E-state index in [1.165, 1.54) is 23.9 Å². The number of hydrogen-bond acceptors (Lipinski definition) is 6. The van der Waals surface area contributed by atoms with Gasteiger partial charge in [-0.05, 0) is 25.3 Å². The van der Waals surface area contributed by atoms with Crippen LogP contribution in [0.15, 0.2) is 29.4 Å². The van der Waals surface area contributed by atoms with E-state index in [0.717, 1.165) is 23.8 Å². The van der Waals surface area contributed by atoms with Crippen LogP contribution in [0.5, 0.6) is 0 Å². The van der Waals surface area contributed by atoms with Crippen LogP contribution in [0.4, 0.5) is 5.69 Å². The molecule has 0 bridgehead atoms. The van der Waals surface area contributed by atoms with Gasteiger partial charge in [0.25, 0.3) is 5.69 Å². The van der Waals surface area contributed by atoms with Crippen LogP contribution in [-0.4, -0.2) is 30.5 Å². The maximum absolute atomic E-state index is 10.8. The van der Waals surface area contributed by atoms with E-state index in [0.29, 0.717) is 17.4 Å². The summed E-state index contributed by atoms with van der Waals surface area (Å²) in [5.41, 5.74) is 0.523. The molecule has 0 spiro atoms. The van der Waals surface area contributed by atoms with Crippen LogP contribution in [0.3, 0.4) is 0 Å². The fourth-order valence-corrected chi connectivity index (χ4v) is 3.32. The summed E-state index contributed by atoms with van der Waals surface area (Å²) >= 11 is 1.42. The molecule has 0 aliphatic heterocycles. The molecule has 1 heterocycles. The Labute approximate surface area is 131 Å². The number of aromatic nitrogens is 3. The third kappa shape index (κ3) is 3.12. The van der Waals surface area contributed by atoms with Crippen LogP contribution in [0.2, 0.25) is 0 Å². The van der Waals surface area contributed by atoms with Crippen molar-refractivity contribution in [3.63, 3.8) is 0 Å².